The van der Waals surface area contributed by atoms with Crippen LogP contribution in [-0.2, 0) is 5.67 Å². The van der Waals surface area contributed by atoms with Crippen LogP contribution in [0.4, 0.5) is 4.39 Å². The van der Waals surface area contributed by atoms with E-state index in [1.807, 2.05) is 11.9 Å². The zero-order valence-electron chi connectivity index (χ0n) is 8.43. The Morgan fingerprint density at radius 3 is 2.73 bits per heavy atom. The highest BCUT2D eigenvalue weighted by molar-refractivity contribution is 6.42. The standard InChI is InChI=1S/C11H12Cl2FN/c1-15-6-5-11(14,7-15)8-3-2-4-9(12)10(8)13/h2-4H,5-7H2,1H3. The van der Waals surface area contributed by atoms with Crippen molar-refractivity contribution in [2.24, 2.45) is 0 Å². The molecule has 1 aliphatic rings. The van der Waals surface area contributed by atoms with Gasteiger partial charge in [-0.05, 0) is 19.5 Å². The van der Waals surface area contributed by atoms with Gasteiger partial charge >= 0.3 is 0 Å². The zero-order chi connectivity index (χ0) is 11.1. The Kier molecular flexibility index (Phi) is 2.93. The van der Waals surface area contributed by atoms with Crippen molar-refractivity contribution in [2.45, 2.75) is 12.1 Å². The third-order valence-corrected chi connectivity index (χ3v) is 3.66. The molecule has 0 aromatic heterocycles. The first-order valence-corrected chi connectivity index (χ1v) is 5.60. The molecule has 1 unspecified atom stereocenters. The highest BCUT2D eigenvalue weighted by Gasteiger charge is 2.40. The molecule has 1 nitrogen and oxygen atoms in total. The Bertz CT molecular complexity index is 383. The first-order chi connectivity index (χ1) is 7.03. The number of alkyl halides is 1. The van der Waals surface area contributed by atoms with Gasteiger partial charge in [-0.1, -0.05) is 35.3 Å². The van der Waals surface area contributed by atoms with Crippen LogP contribution in [0.25, 0.3) is 0 Å². The van der Waals surface area contributed by atoms with Gasteiger partial charge < -0.3 is 4.90 Å². The molecular formula is C11H12Cl2FN. The van der Waals surface area contributed by atoms with Crippen LogP contribution < -0.4 is 0 Å². The van der Waals surface area contributed by atoms with Crippen molar-refractivity contribution in [3.8, 4) is 0 Å². The molecule has 0 N–H and O–H groups in total. The average Bonchev–Trinajstić information content (AvgIpc) is 2.52. The normalized spacial score (nSPS) is 27.2. The van der Waals surface area contributed by atoms with Gasteiger partial charge in [0, 0.05) is 18.7 Å². The number of benzene rings is 1. The highest BCUT2D eigenvalue weighted by Crippen LogP contribution is 2.41. The SMILES string of the molecule is CN1CCC(F)(c2cccc(Cl)c2Cl)C1. The third kappa shape index (κ3) is 1.99. The van der Waals surface area contributed by atoms with E-state index in [4.69, 9.17) is 23.2 Å². The summed E-state index contributed by atoms with van der Waals surface area (Å²) in [6.07, 6.45) is 0.476. The third-order valence-electron chi connectivity index (χ3n) is 2.84. The molecule has 4 heteroatoms. The van der Waals surface area contributed by atoms with Crippen LogP contribution >= 0.6 is 23.2 Å². The molecule has 0 aliphatic carbocycles. The topological polar surface area (TPSA) is 3.24 Å². The Labute approximate surface area is 98.8 Å². The predicted molar refractivity (Wildman–Crippen MR) is 61.4 cm³/mol. The van der Waals surface area contributed by atoms with E-state index in [0.717, 1.165) is 6.54 Å². The lowest BCUT2D eigenvalue weighted by atomic mass is 9.95. The van der Waals surface area contributed by atoms with Gasteiger partial charge in [0.25, 0.3) is 0 Å². The van der Waals surface area contributed by atoms with Gasteiger partial charge in [-0.2, -0.15) is 0 Å². The molecule has 1 fully saturated rings. The van der Waals surface area contributed by atoms with Crippen LogP contribution in [0.15, 0.2) is 18.2 Å². The molecule has 2 rings (SSSR count). The van der Waals surface area contributed by atoms with Crippen molar-refractivity contribution in [1.29, 1.82) is 0 Å². The molecule has 0 amide bonds. The van der Waals surface area contributed by atoms with Crippen LogP contribution in [-0.4, -0.2) is 25.0 Å². The van der Waals surface area contributed by atoms with Crippen molar-refractivity contribution < 1.29 is 4.39 Å². The minimum atomic E-state index is -1.35. The second-order valence-corrected chi connectivity index (χ2v) is 4.84. The van der Waals surface area contributed by atoms with E-state index in [0.29, 0.717) is 28.6 Å². The lowest BCUT2D eigenvalue weighted by Gasteiger charge is -2.21. The summed E-state index contributed by atoms with van der Waals surface area (Å²) in [5.41, 5.74) is -0.836. The largest absolute Gasteiger partial charge is 0.303 e. The van der Waals surface area contributed by atoms with Crippen LogP contribution in [0.1, 0.15) is 12.0 Å². The monoisotopic (exact) mass is 247 g/mol. The second kappa shape index (κ2) is 3.93. The van der Waals surface area contributed by atoms with Gasteiger partial charge in [-0.25, -0.2) is 4.39 Å². The fraction of sp³-hybridized carbons (Fsp3) is 0.455. The summed E-state index contributed by atoms with van der Waals surface area (Å²) in [5.74, 6) is 0. The van der Waals surface area contributed by atoms with Crippen LogP contribution in [0, 0.1) is 0 Å². The van der Waals surface area contributed by atoms with Crippen molar-refractivity contribution in [3.63, 3.8) is 0 Å². The maximum absolute atomic E-state index is 14.6. The zero-order valence-corrected chi connectivity index (χ0v) is 9.95. The molecule has 0 bridgehead atoms. The number of hydrogen-bond acceptors (Lipinski definition) is 1. The number of likely N-dealkylation sites (N-methyl/N-ethyl adjacent to an activating group) is 1. The molecule has 1 heterocycles. The number of likely N-dealkylation sites (tertiary alicyclic amines) is 1. The van der Waals surface area contributed by atoms with E-state index in [1.165, 1.54) is 0 Å². The smallest absolute Gasteiger partial charge is 0.151 e. The summed E-state index contributed by atoms with van der Waals surface area (Å²) in [7, 11) is 1.90. The van der Waals surface area contributed by atoms with Crippen LogP contribution in [0.3, 0.4) is 0 Å². The van der Waals surface area contributed by atoms with E-state index < -0.39 is 5.67 Å². The first-order valence-electron chi connectivity index (χ1n) is 4.85. The fourth-order valence-corrected chi connectivity index (χ4v) is 2.49. The number of halogens is 3. The van der Waals surface area contributed by atoms with Gasteiger partial charge in [-0.3, -0.25) is 0 Å². The van der Waals surface area contributed by atoms with E-state index in [-0.39, 0.29) is 0 Å². The van der Waals surface area contributed by atoms with E-state index in [2.05, 4.69) is 0 Å². The Morgan fingerprint density at radius 1 is 1.40 bits per heavy atom. The maximum atomic E-state index is 14.6. The Morgan fingerprint density at radius 2 is 2.13 bits per heavy atom. The number of hydrogen-bond donors (Lipinski definition) is 0. The van der Waals surface area contributed by atoms with Crippen molar-refractivity contribution in [3.05, 3.63) is 33.8 Å². The molecule has 1 aromatic rings. The summed E-state index contributed by atoms with van der Waals surface area (Å²) >= 11 is 11.9. The minimum Gasteiger partial charge on any atom is -0.303 e. The van der Waals surface area contributed by atoms with E-state index in [1.54, 1.807) is 18.2 Å². The molecule has 82 valence electrons. The molecule has 15 heavy (non-hydrogen) atoms. The predicted octanol–water partition coefficient (Wildman–Crippen LogP) is 3.49. The quantitative estimate of drug-likeness (QED) is 0.735. The molecular weight excluding hydrogens is 236 g/mol. The number of rotatable bonds is 1. The average molecular weight is 248 g/mol. The summed E-state index contributed by atoms with van der Waals surface area (Å²) in [6.45, 7) is 1.13. The molecule has 0 spiro atoms. The van der Waals surface area contributed by atoms with E-state index >= 15 is 0 Å². The lowest BCUT2D eigenvalue weighted by molar-refractivity contribution is 0.175. The van der Waals surface area contributed by atoms with Gasteiger partial charge in [-0.15, -0.1) is 0 Å². The highest BCUT2D eigenvalue weighted by atomic mass is 35.5. The molecule has 0 saturated carbocycles. The van der Waals surface area contributed by atoms with Gasteiger partial charge in [0.2, 0.25) is 0 Å². The second-order valence-electron chi connectivity index (χ2n) is 4.05. The lowest BCUT2D eigenvalue weighted by Crippen LogP contribution is -2.25. The molecule has 1 aromatic carbocycles. The molecule has 0 radical (unpaired) electrons. The maximum Gasteiger partial charge on any atom is 0.151 e. The Balaban J connectivity index is 2.41. The molecule has 1 atom stereocenters. The first kappa shape index (κ1) is 11.2. The minimum absolute atomic E-state index is 0.344. The molecule has 1 aliphatic heterocycles. The van der Waals surface area contributed by atoms with E-state index in [9.17, 15) is 4.39 Å². The Hall–Kier alpha value is -0.310. The summed E-state index contributed by atoms with van der Waals surface area (Å²) in [6, 6.07) is 5.13. The van der Waals surface area contributed by atoms with Gasteiger partial charge in [0.15, 0.2) is 5.67 Å². The van der Waals surface area contributed by atoms with Gasteiger partial charge in [0.05, 0.1) is 10.0 Å². The molecule has 1 saturated heterocycles. The van der Waals surface area contributed by atoms with Crippen LogP contribution in [0.2, 0.25) is 10.0 Å². The van der Waals surface area contributed by atoms with Gasteiger partial charge in [0.1, 0.15) is 0 Å². The number of nitrogens with zero attached hydrogens (tertiary/aromatic N) is 1. The fourth-order valence-electron chi connectivity index (χ4n) is 2.02. The summed E-state index contributed by atoms with van der Waals surface area (Å²) < 4.78 is 14.6. The van der Waals surface area contributed by atoms with Crippen LogP contribution in [0.5, 0.6) is 0 Å². The van der Waals surface area contributed by atoms with Crippen molar-refractivity contribution in [1.82, 2.24) is 4.90 Å². The van der Waals surface area contributed by atoms with Crippen molar-refractivity contribution in [2.75, 3.05) is 20.1 Å². The summed E-state index contributed by atoms with van der Waals surface area (Å²) in [5, 5.41) is 0.762. The van der Waals surface area contributed by atoms with Crippen molar-refractivity contribution >= 4 is 23.2 Å². The summed E-state index contributed by atoms with van der Waals surface area (Å²) in [4.78, 5) is 1.96.